The highest BCUT2D eigenvalue weighted by Gasteiger charge is 2.27. The van der Waals surface area contributed by atoms with Gasteiger partial charge in [0.1, 0.15) is 10.7 Å². The standard InChI is InChI=1S/C14H15ClFNO2S2/c1-10-9-20-13(7-15)14(10)21(18,19)17(2)8-11-4-3-5-12(16)6-11/h3-6,9H,7-8H2,1-2H3. The Hall–Kier alpha value is -0.950. The Kier molecular flexibility index (Phi) is 5.03. The molecule has 0 bridgehead atoms. The van der Waals surface area contributed by atoms with Crippen LogP contribution in [0.2, 0.25) is 0 Å². The molecule has 21 heavy (non-hydrogen) atoms. The van der Waals surface area contributed by atoms with E-state index in [0.717, 1.165) is 0 Å². The van der Waals surface area contributed by atoms with E-state index < -0.39 is 10.0 Å². The van der Waals surface area contributed by atoms with Gasteiger partial charge in [0.05, 0.1) is 5.88 Å². The van der Waals surface area contributed by atoms with Crippen molar-refractivity contribution in [2.24, 2.45) is 0 Å². The first-order valence-electron chi connectivity index (χ1n) is 6.20. The van der Waals surface area contributed by atoms with Crippen molar-refractivity contribution in [1.29, 1.82) is 0 Å². The fourth-order valence-corrected chi connectivity index (χ4v) is 5.22. The lowest BCUT2D eigenvalue weighted by Gasteiger charge is -2.18. The Morgan fingerprint density at radius 3 is 2.71 bits per heavy atom. The largest absolute Gasteiger partial charge is 0.244 e. The molecule has 1 aromatic carbocycles. The minimum Gasteiger partial charge on any atom is -0.207 e. The number of halogens is 2. The molecule has 2 rings (SSSR count). The van der Waals surface area contributed by atoms with E-state index in [1.807, 2.05) is 0 Å². The lowest BCUT2D eigenvalue weighted by Crippen LogP contribution is -2.27. The predicted molar refractivity (Wildman–Crippen MR) is 83.7 cm³/mol. The quantitative estimate of drug-likeness (QED) is 0.772. The molecule has 114 valence electrons. The molecule has 0 radical (unpaired) electrons. The van der Waals surface area contributed by atoms with E-state index in [1.54, 1.807) is 24.4 Å². The summed E-state index contributed by atoms with van der Waals surface area (Å²) in [4.78, 5) is 0.890. The van der Waals surface area contributed by atoms with Crippen LogP contribution in [0.3, 0.4) is 0 Å². The van der Waals surface area contributed by atoms with Crippen LogP contribution in [0.5, 0.6) is 0 Å². The smallest absolute Gasteiger partial charge is 0.207 e. The monoisotopic (exact) mass is 347 g/mol. The molecule has 1 heterocycles. The van der Waals surface area contributed by atoms with Crippen molar-refractivity contribution in [2.45, 2.75) is 24.2 Å². The summed E-state index contributed by atoms with van der Waals surface area (Å²) in [6.07, 6.45) is 0. The third-order valence-electron chi connectivity index (χ3n) is 3.07. The highest BCUT2D eigenvalue weighted by atomic mass is 35.5. The Bertz CT molecular complexity index is 743. The van der Waals surface area contributed by atoms with Crippen molar-refractivity contribution in [1.82, 2.24) is 4.31 Å². The molecule has 0 atom stereocenters. The molecule has 7 heteroatoms. The summed E-state index contributed by atoms with van der Waals surface area (Å²) in [6.45, 7) is 1.85. The molecule has 0 amide bonds. The molecule has 0 aliphatic rings. The zero-order chi connectivity index (χ0) is 15.6. The summed E-state index contributed by atoms with van der Waals surface area (Å²) >= 11 is 7.15. The highest BCUT2D eigenvalue weighted by molar-refractivity contribution is 7.89. The molecule has 2 aromatic rings. The first kappa shape index (κ1) is 16.4. The summed E-state index contributed by atoms with van der Waals surface area (Å²) in [6, 6.07) is 5.91. The summed E-state index contributed by atoms with van der Waals surface area (Å²) < 4.78 is 39.7. The summed E-state index contributed by atoms with van der Waals surface area (Å²) in [7, 11) is -2.16. The van der Waals surface area contributed by atoms with Crippen LogP contribution >= 0.6 is 22.9 Å². The molecule has 0 N–H and O–H groups in total. The zero-order valence-corrected chi connectivity index (χ0v) is 14.0. The van der Waals surface area contributed by atoms with Gasteiger partial charge < -0.3 is 0 Å². The molecule has 1 aromatic heterocycles. The van der Waals surface area contributed by atoms with E-state index in [4.69, 9.17) is 11.6 Å². The van der Waals surface area contributed by atoms with Crippen molar-refractivity contribution in [3.63, 3.8) is 0 Å². The van der Waals surface area contributed by atoms with E-state index in [-0.39, 0.29) is 23.1 Å². The zero-order valence-electron chi connectivity index (χ0n) is 11.6. The Morgan fingerprint density at radius 1 is 1.38 bits per heavy atom. The number of hydrogen-bond donors (Lipinski definition) is 0. The number of alkyl halides is 1. The molecule has 0 unspecified atom stereocenters. The second kappa shape index (κ2) is 6.44. The van der Waals surface area contributed by atoms with Crippen LogP contribution in [0.4, 0.5) is 4.39 Å². The molecule has 3 nitrogen and oxygen atoms in total. The Morgan fingerprint density at radius 2 is 2.10 bits per heavy atom. The second-order valence-corrected chi connectivity index (χ2v) is 7.91. The van der Waals surface area contributed by atoms with E-state index in [0.29, 0.717) is 16.0 Å². The van der Waals surface area contributed by atoms with Gasteiger partial charge in [-0.05, 0) is 35.6 Å². The fraction of sp³-hybridized carbons (Fsp3) is 0.286. The maximum absolute atomic E-state index is 13.2. The van der Waals surface area contributed by atoms with Crippen molar-refractivity contribution in [3.8, 4) is 0 Å². The third kappa shape index (κ3) is 3.45. The van der Waals surface area contributed by atoms with Crippen LogP contribution in [0.1, 0.15) is 16.0 Å². The average molecular weight is 348 g/mol. The lowest BCUT2D eigenvalue weighted by atomic mass is 10.2. The first-order valence-corrected chi connectivity index (χ1v) is 9.05. The minimum absolute atomic E-state index is 0.108. The number of benzene rings is 1. The van der Waals surface area contributed by atoms with Gasteiger partial charge in [-0.1, -0.05) is 12.1 Å². The average Bonchev–Trinajstić information content (AvgIpc) is 2.80. The Balaban J connectivity index is 2.33. The van der Waals surface area contributed by atoms with Crippen LogP contribution in [0, 0.1) is 12.7 Å². The van der Waals surface area contributed by atoms with Gasteiger partial charge >= 0.3 is 0 Å². The van der Waals surface area contributed by atoms with Crippen molar-refractivity contribution >= 4 is 33.0 Å². The van der Waals surface area contributed by atoms with Crippen molar-refractivity contribution < 1.29 is 12.8 Å². The molecule has 0 aliphatic carbocycles. The SMILES string of the molecule is Cc1csc(CCl)c1S(=O)(=O)N(C)Cc1cccc(F)c1. The van der Waals surface area contributed by atoms with Crippen LogP contribution in [-0.2, 0) is 22.4 Å². The molecule has 0 aliphatic heterocycles. The number of hydrogen-bond acceptors (Lipinski definition) is 3. The van der Waals surface area contributed by atoms with Gasteiger partial charge in [0.25, 0.3) is 0 Å². The van der Waals surface area contributed by atoms with Gasteiger partial charge in [-0.25, -0.2) is 12.8 Å². The van der Waals surface area contributed by atoms with Gasteiger partial charge in [-0.2, -0.15) is 4.31 Å². The second-order valence-electron chi connectivity index (χ2n) is 4.70. The molecule has 0 fully saturated rings. The van der Waals surface area contributed by atoms with Crippen LogP contribution in [-0.4, -0.2) is 19.8 Å². The molecular formula is C14H15ClFNO2S2. The van der Waals surface area contributed by atoms with Gasteiger partial charge in [0.15, 0.2) is 0 Å². The normalized spacial score (nSPS) is 12.0. The molecule has 0 spiro atoms. The van der Waals surface area contributed by atoms with Gasteiger partial charge in [-0.15, -0.1) is 22.9 Å². The molecule has 0 saturated heterocycles. The van der Waals surface area contributed by atoms with E-state index >= 15 is 0 Å². The molecular weight excluding hydrogens is 333 g/mol. The minimum atomic E-state index is -3.64. The number of rotatable bonds is 5. The summed E-state index contributed by atoms with van der Waals surface area (Å²) in [5.74, 6) is -0.229. The van der Waals surface area contributed by atoms with Gasteiger partial charge in [0, 0.05) is 18.5 Å². The summed E-state index contributed by atoms with van der Waals surface area (Å²) in [5, 5.41) is 1.78. The van der Waals surface area contributed by atoms with Crippen LogP contribution < -0.4 is 0 Å². The third-order valence-corrected chi connectivity index (χ3v) is 6.77. The van der Waals surface area contributed by atoms with Crippen LogP contribution in [0.15, 0.2) is 34.5 Å². The number of thiophene rings is 1. The maximum Gasteiger partial charge on any atom is 0.244 e. The lowest BCUT2D eigenvalue weighted by molar-refractivity contribution is 0.465. The maximum atomic E-state index is 13.2. The summed E-state index contributed by atoms with van der Waals surface area (Å²) in [5.41, 5.74) is 1.28. The van der Waals surface area contributed by atoms with Crippen molar-refractivity contribution in [2.75, 3.05) is 7.05 Å². The van der Waals surface area contributed by atoms with E-state index in [9.17, 15) is 12.8 Å². The number of nitrogens with zero attached hydrogens (tertiary/aromatic N) is 1. The van der Waals surface area contributed by atoms with Crippen LogP contribution in [0.25, 0.3) is 0 Å². The van der Waals surface area contributed by atoms with Crippen molar-refractivity contribution in [3.05, 3.63) is 51.5 Å². The van der Waals surface area contributed by atoms with Gasteiger partial charge in [0.2, 0.25) is 10.0 Å². The first-order chi connectivity index (χ1) is 9.86. The topological polar surface area (TPSA) is 37.4 Å². The number of aryl methyl sites for hydroxylation is 1. The molecule has 0 saturated carbocycles. The van der Waals surface area contributed by atoms with E-state index in [2.05, 4.69) is 0 Å². The van der Waals surface area contributed by atoms with E-state index in [1.165, 1.54) is 34.8 Å². The van der Waals surface area contributed by atoms with Gasteiger partial charge in [-0.3, -0.25) is 0 Å². The number of sulfonamides is 1. The Labute approximate surface area is 133 Å². The fourth-order valence-electron chi connectivity index (χ4n) is 2.06. The highest BCUT2D eigenvalue weighted by Crippen LogP contribution is 2.30. The predicted octanol–water partition coefficient (Wildman–Crippen LogP) is 3.76.